The van der Waals surface area contributed by atoms with E-state index < -0.39 is 0 Å². The summed E-state index contributed by atoms with van der Waals surface area (Å²) in [5.41, 5.74) is 1.64. The van der Waals surface area contributed by atoms with Crippen molar-refractivity contribution in [2.45, 2.75) is 50.2 Å². The second-order valence-corrected chi connectivity index (χ2v) is 6.29. The Morgan fingerprint density at radius 3 is 2.85 bits per heavy atom. The Labute approximate surface area is 124 Å². The summed E-state index contributed by atoms with van der Waals surface area (Å²) in [7, 11) is 0. The summed E-state index contributed by atoms with van der Waals surface area (Å²) in [6.45, 7) is 0.835. The van der Waals surface area contributed by atoms with E-state index in [0.717, 1.165) is 25.1 Å². The van der Waals surface area contributed by atoms with E-state index in [1.807, 2.05) is 12.1 Å². The summed E-state index contributed by atoms with van der Waals surface area (Å²) < 4.78 is 6.05. The van der Waals surface area contributed by atoms with Crippen LogP contribution in [0.3, 0.4) is 0 Å². The van der Waals surface area contributed by atoms with Crippen molar-refractivity contribution < 1.29 is 4.74 Å². The molecule has 1 spiro atoms. The molecular weight excluding hydrogens is 272 g/mol. The van der Waals surface area contributed by atoms with Gasteiger partial charge in [0.25, 0.3) is 0 Å². The molecule has 2 fully saturated rings. The maximum atomic E-state index is 8.90. The lowest BCUT2D eigenvalue weighted by Gasteiger charge is -2.39. The number of hydrogen-bond acceptors (Lipinski definition) is 3. The summed E-state index contributed by atoms with van der Waals surface area (Å²) >= 11 is 6.08. The van der Waals surface area contributed by atoms with Gasteiger partial charge in [-0.15, -0.1) is 0 Å². The molecule has 0 radical (unpaired) electrons. The highest BCUT2D eigenvalue weighted by atomic mass is 35.5. The maximum absolute atomic E-state index is 8.90. The topological polar surface area (TPSA) is 45.0 Å². The van der Waals surface area contributed by atoms with Crippen LogP contribution in [0.25, 0.3) is 0 Å². The molecule has 0 bridgehead atoms. The van der Waals surface area contributed by atoms with Gasteiger partial charge in [0.2, 0.25) is 0 Å². The highest BCUT2D eigenvalue weighted by Gasteiger charge is 2.39. The van der Waals surface area contributed by atoms with Gasteiger partial charge in [-0.3, -0.25) is 0 Å². The van der Waals surface area contributed by atoms with Crippen molar-refractivity contribution in [3.63, 3.8) is 0 Å². The van der Waals surface area contributed by atoms with Crippen LogP contribution in [0.15, 0.2) is 18.2 Å². The standard InChI is InChI=1S/C16H19ClN2O/c17-15-9-13(4-3-12(15)11-18)19-14-5-8-20-16(10-14)6-1-2-7-16/h3-4,9,14,19H,1-2,5-8,10H2. The van der Waals surface area contributed by atoms with Gasteiger partial charge in [0, 0.05) is 18.3 Å². The molecule has 0 aromatic heterocycles. The van der Waals surface area contributed by atoms with Crippen LogP contribution in [0.1, 0.15) is 44.1 Å². The van der Waals surface area contributed by atoms with Gasteiger partial charge in [-0.05, 0) is 43.9 Å². The van der Waals surface area contributed by atoms with Crippen LogP contribution in [0, 0.1) is 11.3 Å². The molecule has 0 amide bonds. The Morgan fingerprint density at radius 1 is 1.35 bits per heavy atom. The largest absolute Gasteiger partial charge is 0.382 e. The van der Waals surface area contributed by atoms with E-state index in [1.165, 1.54) is 25.7 Å². The van der Waals surface area contributed by atoms with Crippen molar-refractivity contribution in [3.8, 4) is 6.07 Å². The number of nitriles is 1. The third kappa shape index (κ3) is 2.77. The number of hydrogen-bond donors (Lipinski definition) is 1. The number of halogens is 1. The van der Waals surface area contributed by atoms with E-state index in [1.54, 1.807) is 6.07 Å². The van der Waals surface area contributed by atoms with Crippen LogP contribution in [0.5, 0.6) is 0 Å². The zero-order valence-corrected chi connectivity index (χ0v) is 12.2. The van der Waals surface area contributed by atoms with Crippen molar-refractivity contribution in [1.82, 2.24) is 0 Å². The van der Waals surface area contributed by atoms with Gasteiger partial charge in [-0.25, -0.2) is 0 Å². The van der Waals surface area contributed by atoms with Crippen LogP contribution in [0.4, 0.5) is 5.69 Å². The Balaban J connectivity index is 1.68. The van der Waals surface area contributed by atoms with Gasteiger partial charge in [-0.2, -0.15) is 5.26 Å². The lowest BCUT2D eigenvalue weighted by Crippen LogP contribution is -2.42. The molecule has 1 aliphatic heterocycles. The van der Waals surface area contributed by atoms with Crippen LogP contribution < -0.4 is 5.32 Å². The third-order valence-corrected chi connectivity index (χ3v) is 4.78. The van der Waals surface area contributed by atoms with E-state index in [0.29, 0.717) is 16.6 Å². The fraction of sp³-hybridized carbons (Fsp3) is 0.562. The molecule has 1 aliphatic carbocycles. The Morgan fingerprint density at radius 2 is 2.15 bits per heavy atom. The molecule has 20 heavy (non-hydrogen) atoms. The summed E-state index contributed by atoms with van der Waals surface area (Å²) in [6, 6.07) is 8.07. The van der Waals surface area contributed by atoms with Gasteiger partial charge < -0.3 is 10.1 Å². The Bertz CT molecular complexity index is 532. The first-order chi connectivity index (χ1) is 9.71. The summed E-state index contributed by atoms with van der Waals surface area (Å²) in [5, 5.41) is 13.0. The van der Waals surface area contributed by atoms with Crippen molar-refractivity contribution in [1.29, 1.82) is 5.26 Å². The normalized spacial score (nSPS) is 24.5. The lowest BCUT2D eigenvalue weighted by molar-refractivity contribution is -0.0767. The number of nitrogens with one attached hydrogen (secondary N) is 1. The molecule has 3 nitrogen and oxygen atoms in total. The summed E-state index contributed by atoms with van der Waals surface area (Å²) in [5.74, 6) is 0. The summed E-state index contributed by atoms with van der Waals surface area (Å²) in [4.78, 5) is 0. The molecule has 2 aliphatic rings. The van der Waals surface area contributed by atoms with Crippen molar-refractivity contribution in [3.05, 3.63) is 28.8 Å². The van der Waals surface area contributed by atoms with E-state index in [4.69, 9.17) is 21.6 Å². The van der Waals surface area contributed by atoms with Crippen molar-refractivity contribution >= 4 is 17.3 Å². The average molecular weight is 291 g/mol. The highest BCUT2D eigenvalue weighted by molar-refractivity contribution is 6.32. The Hall–Kier alpha value is -1.24. The minimum Gasteiger partial charge on any atom is -0.382 e. The molecular formula is C16H19ClN2O. The molecule has 1 atom stereocenters. The van der Waals surface area contributed by atoms with Crippen LogP contribution in [-0.4, -0.2) is 18.2 Å². The second kappa shape index (κ2) is 5.63. The first kappa shape index (κ1) is 13.7. The summed E-state index contributed by atoms with van der Waals surface area (Å²) in [6.07, 6.45) is 7.06. The van der Waals surface area contributed by atoms with E-state index in [2.05, 4.69) is 11.4 Å². The number of nitrogens with zero attached hydrogens (tertiary/aromatic N) is 1. The van der Waals surface area contributed by atoms with Gasteiger partial charge >= 0.3 is 0 Å². The zero-order valence-electron chi connectivity index (χ0n) is 11.5. The lowest BCUT2D eigenvalue weighted by atomic mass is 9.89. The highest BCUT2D eigenvalue weighted by Crippen LogP contribution is 2.40. The van der Waals surface area contributed by atoms with Crippen LogP contribution in [-0.2, 0) is 4.74 Å². The molecule has 3 rings (SSSR count). The number of anilines is 1. The van der Waals surface area contributed by atoms with Crippen LogP contribution >= 0.6 is 11.6 Å². The average Bonchev–Trinajstić information content (AvgIpc) is 2.87. The molecule has 1 aromatic carbocycles. The predicted molar refractivity (Wildman–Crippen MR) is 80.0 cm³/mol. The number of ether oxygens (including phenoxy) is 1. The maximum Gasteiger partial charge on any atom is 0.101 e. The van der Waals surface area contributed by atoms with E-state index in [-0.39, 0.29) is 5.60 Å². The molecule has 1 aromatic rings. The molecule has 106 valence electrons. The smallest absolute Gasteiger partial charge is 0.101 e. The third-order valence-electron chi connectivity index (χ3n) is 4.47. The quantitative estimate of drug-likeness (QED) is 0.891. The minimum absolute atomic E-state index is 0.117. The molecule has 1 unspecified atom stereocenters. The zero-order chi connectivity index (χ0) is 14.0. The van der Waals surface area contributed by atoms with Crippen molar-refractivity contribution in [2.75, 3.05) is 11.9 Å². The first-order valence-electron chi connectivity index (χ1n) is 7.31. The molecule has 4 heteroatoms. The Kier molecular flexibility index (Phi) is 3.87. The first-order valence-corrected chi connectivity index (χ1v) is 7.69. The van der Waals surface area contributed by atoms with Gasteiger partial charge in [0.05, 0.1) is 16.2 Å². The number of rotatable bonds is 2. The predicted octanol–water partition coefficient (Wildman–Crippen LogP) is 4.12. The van der Waals surface area contributed by atoms with Gasteiger partial charge in [0.15, 0.2) is 0 Å². The van der Waals surface area contributed by atoms with E-state index in [9.17, 15) is 0 Å². The monoisotopic (exact) mass is 290 g/mol. The fourth-order valence-electron chi connectivity index (χ4n) is 3.45. The fourth-order valence-corrected chi connectivity index (χ4v) is 3.67. The molecule has 1 saturated carbocycles. The minimum atomic E-state index is 0.117. The van der Waals surface area contributed by atoms with Crippen molar-refractivity contribution in [2.24, 2.45) is 0 Å². The van der Waals surface area contributed by atoms with Gasteiger partial charge in [0.1, 0.15) is 6.07 Å². The second-order valence-electron chi connectivity index (χ2n) is 5.88. The SMILES string of the molecule is N#Cc1ccc(NC2CCOC3(CCCC3)C2)cc1Cl. The van der Waals surface area contributed by atoms with Crippen LogP contribution in [0.2, 0.25) is 5.02 Å². The molecule has 1 saturated heterocycles. The van der Waals surface area contributed by atoms with Gasteiger partial charge in [-0.1, -0.05) is 24.4 Å². The molecule has 1 N–H and O–H groups in total. The van der Waals surface area contributed by atoms with E-state index >= 15 is 0 Å². The number of benzene rings is 1. The molecule has 1 heterocycles.